The second kappa shape index (κ2) is 8.13. The number of hydrogen-bond acceptors (Lipinski definition) is 2. The molecule has 1 unspecified atom stereocenters. The van der Waals surface area contributed by atoms with Crippen LogP contribution < -0.4 is 5.32 Å². The van der Waals surface area contributed by atoms with Crippen LogP contribution in [0.5, 0.6) is 0 Å². The summed E-state index contributed by atoms with van der Waals surface area (Å²) < 4.78 is 0.973. The monoisotopic (exact) mass is 428 g/mol. The van der Waals surface area contributed by atoms with Crippen molar-refractivity contribution in [3.8, 4) is 0 Å². The molecule has 0 spiro atoms. The molecule has 4 nitrogen and oxygen atoms in total. The van der Waals surface area contributed by atoms with Crippen LogP contribution in [-0.4, -0.2) is 35.8 Å². The maximum absolute atomic E-state index is 12.6. The Morgan fingerprint density at radius 2 is 1.78 bits per heavy atom. The largest absolute Gasteiger partial charge is 0.353 e. The van der Waals surface area contributed by atoms with E-state index in [0.29, 0.717) is 19.0 Å². The van der Waals surface area contributed by atoms with Crippen LogP contribution in [0.4, 0.5) is 0 Å². The van der Waals surface area contributed by atoms with Crippen molar-refractivity contribution in [2.45, 2.75) is 39.7 Å². The van der Waals surface area contributed by atoms with Crippen LogP contribution in [0.3, 0.4) is 0 Å². The minimum atomic E-state index is 0.0232. The van der Waals surface area contributed by atoms with Gasteiger partial charge in [0.05, 0.1) is 5.56 Å². The van der Waals surface area contributed by atoms with Gasteiger partial charge in [-0.3, -0.25) is 9.59 Å². The molecule has 1 atom stereocenters. The lowest BCUT2D eigenvalue weighted by atomic mass is 9.94. The fraction of sp³-hybridized carbons (Fsp3) is 0.556. The van der Waals surface area contributed by atoms with Gasteiger partial charge in [0, 0.05) is 28.6 Å². The van der Waals surface area contributed by atoms with Crippen LogP contribution in [0.1, 0.15) is 44.0 Å². The molecule has 0 aliphatic carbocycles. The second-order valence-electron chi connectivity index (χ2n) is 6.59. The molecule has 126 valence electrons. The topological polar surface area (TPSA) is 49.4 Å². The van der Waals surface area contributed by atoms with Crippen LogP contribution in [0.2, 0.25) is 0 Å². The zero-order valence-corrected chi connectivity index (χ0v) is 16.2. The Morgan fingerprint density at radius 1 is 1.17 bits per heavy atom. The molecule has 1 fully saturated rings. The highest BCUT2D eigenvalue weighted by Gasteiger charge is 2.29. The highest BCUT2D eigenvalue weighted by Crippen LogP contribution is 2.21. The minimum Gasteiger partial charge on any atom is -0.353 e. The number of rotatable bonds is 4. The van der Waals surface area contributed by atoms with Crippen molar-refractivity contribution in [1.29, 1.82) is 0 Å². The molecule has 0 bridgehead atoms. The number of nitrogens with zero attached hydrogens (tertiary/aromatic N) is 1. The lowest BCUT2D eigenvalue weighted by molar-refractivity contribution is -0.127. The molecule has 0 saturated carbocycles. The Kier molecular flexibility index (Phi) is 6.44. The molecular formula is C18H25IN2O2. The van der Waals surface area contributed by atoms with Gasteiger partial charge < -0.3 is 10.2 Å². The maximum atomic E-state index is 12.6. The molecule has 0 aromatic heterocycles. The van der Waals surface area contributed by atoms with E-state index in [0.717, 1.165) is 22.0 Å². The van der Waals surface area contributed by atoms with Gasteiger partial charge in [0.1, 0.15) is 0 Å². The van der Waals surface area contributed by atoms with E-state index in [1.807, 2.05) is 36.1 Å². The average molecular weight is 428 g/mol. The lowest BCUT2D eigenvalue weighted by Gasteiger charge is -2.32. The van der Waals surface area contributed by atoms with Crippen molar-refractivity contribution in [1.82, 2.24) is 10.2 Å². The Hall–Kier alpha value is -1.11. The van der Waals surface area contributed by atoms with Crippen molar-refractivity contribution in [2.24, 2.45) is 11.8 Å². The van der Waals surface area contributed by atoms with Gasteiger partial charge in [-0.05, 0) is 60.4 Å². The number of benzene rings is 1. The summed E-state index contributed by atoms with van der Waals surface area (Å²) in [6.45, 7) is 7.55. The van der Waals surface area contributed by atoms with Crippen LogP contribution in [0.25, 0.3) is 0 Å². The summed E-state index contributed by atoms with van der Waals surface area (Å²) in [6, 6.07) is 7.83. The fourth-order valence-electron chi connectivity index (χ4n) is 2.66. The van der Waals surface area contributed by atoms with E-state index in [1.54, 1.807) is 0 Å². The van der Waals surface area contributed by atoms with Gasteiger partial charge in [-0.15, -0.1) is 0 Å². The highest BCUT2D eigenvalue weighted by molar-refractivity contribution is 14.1. The number of hydrogen-bond donors (Lipinski definition) is 1. The van der Waals surface area contributed by atoms with Crippen LogP contribution in [0, 0.1) is 15.4 Å². The molecule has 1 aromatic carbocycles. The van der Waals surface area contributed by atoms with Gasteiger partial charge in [-0.25, -0.2) is 0 Å². The molecule has 1 aliphatic rings. The molecule has 0 radical (unpaired) electrons. The van der Waals surface area contributed by atoms with E-state index in [4.69, 9.17) is 0 Å². The fourth-order valence-corrected chi connectivity index (χ4v) is 3.28. The lowest BCUT2D eigenvalue weighted by Crippen LogP contribution is -2.45. The van der Waals surface area contributed by atoms with Gasteiger partial charge >= 0.3 is 0 Å². The molecule has 23 heavy (non-hydrogen) atoms. The Balaban J connectivity index is 1.90. The van der Waals surface area contributed by atoms with Gasteiger partial charge in [0.2, 0.25) is 5.91 Å². The smallest absolute Gasteiger partial charge is 0.254 e. The number of likely N-dealkylation sites (tertiary alicyclic amines) is 1. The zero-order valence-electron chi connectivity index (χ0n) is 14.0. The summed E-state index contributed by atoms with van der Waals surface area (Å²) in [6.07, 6.45) is 1.48. The Bertz CT molecular complexity index is 566. The zero-order chi connectivity index (χ0) is 17.0. The third-order valence-electron chi connectivity index (χ3n) is 4.63. The first-order valence-electron chi connectivity index (χ1n) is 8.24. The van der Waals surface area contributed by atoms with Crippen molar-refractivity contribution >= 4 is 34.4 Å². The number of nitrogens with one attached hydrogen (secondary N) is 1. The second-order valence-corrected chi connectivity index (χ2v) is 7.75. The average Bonchev–Trinajstić information content (AvgIpc) is 2.54. The molecule has 1 saturated heterocycles. The van der Waals surface area contributed by atoms with E-state index < -0.39 is 0 Å². The summed E-state index contributed by atoms with van der Waals surface area (Å²) in [5, 5.41) is 3.09. The van der Waals surface area contributed by atoms with E-state index in [9.17, 15) is 9.59 Å². The standard InChI is InChI=1S/C18H25IN2O2/c1-12(2)13(3)20-17(22)14-8-10-21(11-9-14)18(23)15-6-4-5-7-16(15)19/h4-7,12-14H,8-11H2,1-3H3,(H,20,22). The summed E-state index contributed by atoms with van der Waals surface area (Å²) in [5.41, 5.74) is 0.754. The minimum absolute atomic E-state index is 0.0232. The third kappa shape index (κ3) is 4.68. The van der Waals surface area contributed by atoms with Crippen molar-refractivity contribution in [3.05, 3.63) is 33.4 Å². The molecule has 5 heteroatoms. The van der Waals surface area contributed by atoms with Gasteiger partial charge in [0.25, 0.3) is 5.91 Å². The number of piperidine rings is 1. The first kappa shape index (κ1) is 18.2. The van der Waals surface area contributed by atoms with Crippen LogP contribution in [-0.2, 0) is 4.79 Å². The molecular weight excluding hydrogens is 403 g/mol. The van der Waals surface area contributed by atoms with E-state index in [2.05, 4.69) is 41.8 Å². The SMILES string of the molecule is CC(C)C(C)NC(=O)C1CCN(C(=O)c2ccccc2I)CC1. The molecule has 1 aromatic rings. The van der Waals surface area contributed by atoms with Crippen LogP contribution in [0.15, 0.2) is 24.3 Å². The van der Waals surface area contributed by atoms with E-state index >= 15 is 0 Å². The van der Waals surface area contributed by atoms with Gasteiger partial charge in [-0.2, -0.15) is 0 Å². The molecule has 1 heterocycles. The highest BCUT2D eigenvalue weighted by atomic mass is 127. The molecule has 2 rings (SSSR count). The first-order chi connectivity index (χ1) is 10.9. The third-order valence-corrected chi connectivity index (χ3v) is 5.57. The Morgan fingerprint density at radius 3 is 2.35 bits per heavy atom. The quantitative estimate of drug-likeness (QED) is 0.749. The summed E-state index contributed by atoms with van der Waals surface area (Å²) >= 11 is 2.19. The number of amides is 2. The van der Waals surface area contributed by atoms with Gasteiger partial charge in [0.15, 0.2) is 0 Å². The van der Waals surface area contributed by atoms with E-state index in [-0.39, 0.29) is 23.8 Å². The summed E-state index contributed by atoms with van der Waals surface area (Å²) in [4.78, 5) is 26.8. The first-order valence-corrected chi connectivity index (χ1v) is 9.32. The van der Waals surface area contributed by atoms with E-state index in [1.165, 1.54) is 0 Å². The normalized spacial score (nSPS) is 17.2. The summed E-state index contributed by atoms with van der Waals surface area (Å²) in [7, 11) is 0. The van der Waals surface area contributed by atoms with Crippen molar-refractivity contribution in [2.75, 3.05) is 13.1 Å². The molecule has 1 aliphatic heterocycles. The van der Waals surface area contributed by atoms with Crippen molar-refractivity contribution in [3.63, 3.8) is 0 Å². The summed E-state index contributed by atoms with van der Waals surface area (Å²) in [5.74, 6) is 0.660. The molecule has 1 N–H and O–H groups in total. The van der Waals surface area contributed by atoms with Crippen LogP contribution >= 0.6 is 22.6 Å². The number of carbonyl (C=O) groups excluding carboxylic acids is 2. The maximum Gasteiger partial charge on any atom is 0.254 e. The molecule has 2 amide bonds. The predicted octanol–water partition coefficient (Wildman–Crippen LogP) is 3.30. The predicted molar refractivity (Wildman–Crippen MR) is 100 cm³/mol. The number of carbonyl (C=O) groups is 2. The number of halogens is 1. The van der Waals surface area contributed by atoms with Crippen molar-refractivity contribution < 1.29 is 9.59 Å². The Labute approximate surface area is 152 Å². The van der Waals surface area contributed by atoms with Gasteiger partial charge in [-0.1, -0.05) is 26.0 Å².